The third-order valence-electron chi connectivity index (χ3n) is 10.2. The Morgan fingerprint density at radius 2 is 1.30 bits per heavy atom. The minimum Gasteiger partial charge on any atom is -0.364 e. The second-order valence-corrected chi connectivity index (χ2v) is 13.5. The average molecular weight is 630 g/mol. The highest BCUT2D eigenvalue weighted by atomic mass is 19.2. The highest BCUT2D eigenvalue weighted by molar-refractivity contribution is 5.67. The number of rotatable bonds is 8. The van der Waals surface area contributed by atoms with Gasteiger partial charge in [0.15, 0.2) is 11.6 Å². The summed E-state index contributed by atoms with van der Waals surface area (Å²) in [6, 6.07) is 26.5. The molecule has 0 aliphatic carbocycles. The van der Waals surface area contributed by atoms with Crippen LogP contribution in [0.3, 0.4) is 0 Å². The van der Waals surface area contributed by atoms with E-state index in [1.54, 1.807) is 6.07 Å². The van der Waals surface area contributed by atoms with E-state index in [2.05, 4.69) is 106 Å². The van der Waals surface area contributed by atoms with Gasteiger partial charge in [-0.05, 0) is 152 Å². The fourth-order valence-electron chi connectivity index (χ4n) is 6.90. The first-order chi connectivity index (χ1) is 22.5. The van der Waals surface area contributed by atoms with Gasteiger partial charge in [0.05, 0.1) is 5.69 Å². The molecule has 0 saturated carbocycles. The molecule has 0 atom stereocenters. The van der Waals surface area contributed by atoms with E-state index in [1.807, 2.05) is 12.3 Å². The Morgan fingerprint density at radius 3 is 1.94 bits per heavy atom. The molecule has 242 valence electrons. The van der Waals surface area contributed by atoms with Crippen molar-refractivity contribution in [1.29, 1.82) is 0 Å². The first-order valence-corrected chi connectivity index (χ1v) is 16.7. The summed E-state index contributed by atoms with van der Waals surface area (Å²) in [7, 11) is 0. The van der Waals surface area contributed by atoms with Crippen LogP contribution < -0.4 is 4.90 Å². The largest absolute Gasteiger partial charge is 0.364 e. The Morgan fingerprint density at radius 1 is 0.660 bits per heavy atom. The van der Waals surface area contributed by atoms with Crippen molar-refractivity contribution in [2.24, 2.45) is 0 Å². The summed E-state index contributed by atoms with van der Waals surface area (Å²) >= 11 is 0. The molecule has 0 unspecified atom stereocenters. The van der Waals surface area contributed by atoms with E-state index in [1.165, 1.54) is 62.2 Å². The van der Waals surface area contributed by atoms with E-state index in [9.17, 15) is 8.78 Å². The fraction of sp³-hybridized carbons (Fsp3) is 0.310. The van der Waals surface area contributed by atoms with Gasteiger partial charge in [0, 0.05) is 55.7 Å². The molecule has 1 aromatic heterocycles. The maximum Gasteiger partial charge on any atom is 0.160 e. The highest BCUT2D eigenvalue weighted by Gasteiger charge is 2.26. The maximum absolute atomic E-state index is 14.5. The van der Waals surface area contributed by atoms with Crippen LogP contribution in [0.25, 0.3) is 22.4 Å². The molecule has 0 amide bonds. The lowest BCUT2D eigenvalue weighted by Crippen LogP contribution is -2.44. The number of nitrogens with zero attached hydrogens (tertiary/aromatic N) is 3. The molecule has 5 aromatic rings. The molecule has 5 heteroatoms. The maximum atomic E-state index is 14.5. The number of aryl methyl sites for hydroxylation is 4. The van der Waals surface area contributed by atoms with E-state index in [4.69, 9.17) is 4.98 Å². The predicted octanol–water partition coefficient (Wildman–Crippen LogP) is 10.2. The van der Waals surface area contributed by atoms with Gasteiger partial charge in [-0.15, -0.1) is 0 Å². The van der Waals surface area contributed by atoms with Gasteiger partial charge in [0.1, 0.15) is 0 Å². The van der Waals surface area contributed by atoms with Crippen LogP contribution in [0.15, 0.2) is 85.1 Å². The van der Waals surface area contributed by atoms with Crippen molar-refractivity contribution in [2.45, 2.75) is 73.5 Å². The molecule has 3 nitrogen and oxygen atoms in total. The van der Waals surface area contributed by atoms with E-state index in [0.717, 1.165) is 49.3 Å². The van der Waals surface area contributed by atoms with Crippen molar-refractivity contribution in [2.75, 3.05) is 18.0 Å². The molecule has 4 aromatic carbocycles. The smallest absolute Gasteiger partial charge is 0.160 e. The predicted molar refractivity (Wildman–Crippen MR) is 191 cm³/mol. The number of pyridine rings is 1. The number of aromatic nitrogens is 1. The minimum absolute atomic E-state index is 0.196. The number of benzene rings is 4. The number of halogens is 2. The summed E-state index contributed by atoms with van der Waals surface area (Å²) in [5.41, 5.74) is 15.4. The molecule has 1 fully saturated rings. The molecule has 6 rings (SSSR count). The Balaban J connectivity index is 1.19. The molecule has 1 aliphatic heterocycles. The van der Waals surface area contributed by atoms with Gasteiger partial charge < -0.3 is 4.90 Å². The van der Waals surface area contributed by atoms with Crippen LogP contribution in [-0.2, 0) is 13.1 Å². The van der Waals surface area contributed by atoms with Crippen LogP contribution in [0.4, 0.5) is 14.5 Å². The lowest BCUT2D eigenvalue weighted by molar-refractivity contribution is 0.201. The van der Waals surface area contributed by atoms with Crippen LogP contribution in [0.1, 0.15) is 57.3 Å². The zero-order valence-electron chi connectivity index (χ0n) is 28.5. The van der Waals surface area contributed by atoms with E-state index >= 15 is 0 Å². The molecule has 0 spiro atoms. The fourth-order valence-corrected chi connectivity index (χ4v) is 6.90. The molecule has 0 bridgehead atoms. The number of likely N-dealkylation sites (tertiary alicyclic amines) is 1. The lowest BCUT2D eigenvalue weighted by atomic mass is 9.95. The standard InChI is InChI=1S/C42H45F2N3/c1-27-18-36(19-28(2)31(27)5)35-9-7-8-33(22-35)25-46-16-13-38(14-17-46)47(39-10-11-40(43)41(44)24-39)26-34-12-15-45-42(23-34)37-20-29(3)32(6)30(4)21-37/h7-12,15,18-24,38H,13-14,16-17,25-26H2,1-6H3. The molecule has 47 heavy (non-hydrogen) atoms. The summed E-state index contributed by atoms with van der Waals surface area (Å²) < 4.78 is 28.6. The molecule has 1 aliphatic rings. The molecular formula is C42H45F2N3. The third kappa shape index (κ3) is 7.31. The van der Waals surface area contributed by atoms with Crippen molar-refractivity contribution in [3.63, 3.8) is 0 Å². The van der Waals surface area contributed by atoms with E-state index < -0.39 is 11.6 Å². The van der Waals surface area contributed by atoms with Crippen molar-refractivity contribution in [3.05, 3.63) is 141 Å². The van der Waals surface area contributed by atoms with Crippen LogP contribution in [0.2, 0.25) is 0 Å². The summed E-state index contributed by atoms with van der Waals surface area (Å²) in [5, 5.41) is 0. The minimum atomic E-state index is -0.821. The summed E-state index contributed by atoms with van der Waals surface area (Å²) in [5.74, 6) is -1.64. The molecule has 2 heterocycles. The van der Waals surface area contributed by atoms with Crippen molar-refractivity contribution in [1.82, 2.24) is 9.88 Å². The van der Waals surface area contributed by atoms with Gasteiger partial charge >= 0.3 is 0 Å². The first-order valence-electron chi connectivity index (χ1n) is 16.7. The van der Waals surface area contributed by atoms with Crippen molar-refractivity contribution in [3.8, 4) is 22.4 Å². The van der Waals surface area contributed by atoms with E-state index in [-0.39, 0.29) is 6.04 Å². The quantitative estimate of drug-likeness (QED) is 0.170. The van der Waals surface area contributed by atoms with Gasteiger partial charge in [-0.3, -0.25) is 9.88 Å². The second-order valence-electron chi connectivity index (χ2n) is 13.5. The van der Waals surface area contributed by atoms with Crippen molar-refractivity contribution < 1.29 is 8.78 Å². The lowest BCUT2D eigenvalue weighted by Gasteiger charge is -2.40. The van der Waals surface area contributed by atoms with Crippen molar-refractivity contribution >= 4 is 5.69 Å². The molecular weight excluding hydrogens is 584 g/mol. The number of hydrogen-bond donors (Lipinski definition) is 0. The zero-order valence-corrected chi connectivity index (χ0v) is 28.5. The monoisotopic (exact) mass is 629 g/mol. The highest BCUT2D eigenvalue weighted by Crippen LogP contribution is 2.31. The topological polar surface area (TPSA) is 19.4 Å². The molecule has 0 radical (unpaired) electrons. The SMILES string of the molecule is Cc1cc(-c2cccc(CN3CCC(N(Cc4ccnc(-c5cc(C)c(C)c(C)c5)c4)c4ccc(F)c(F)c4)CC3)c2)cc(C)c1C. The zero-order chi connectivity index (χ0) is 33.2. The average Bonchev–Trinajstić information content (AvgIpc) is 3.06. The number of piperidine rings is 1. The molecule has 0 N–H and O–H groups in total. The Labute approximate surface area is 278 Å². The summed E-state index contributed by atoms with van der Waals surface area (Å²) in [4.78, 5) is 9.46. The Bertz CT molecular complexity index is 1860. The first kappa shape index (κ1) is 32.6. The Kier molecular flexibility index (Phi) is 9.56. The number of hydrogen-bond acceptors (Lipinski definition) is 3. The van der Waals surface area contributed by atoms with Crippen LogP contribution >= 0.6 is 0 Å². The van der Waals surface area contributed by atoms with Gasteiger partial charge in [-0.1, -0.05) is 30.3 Å². The second kappa shape index (κ2) is 13.8. The molecule has 1 saturated heterocycles. The normalized spacial score (nSPS) is 14.0. The van der Waals surface area contributed by atoms with Gasteiger partial charge in [0.25, 0.3) is 0 Å². The third-order valence-corrected chi connectivity index (χ3v) is 10.2. The van der Waals surface area contributed by atoms with Gasteiger partial charge in [0.2, 0.25) is 0 Å². The summed E-state index contributed by atoms with van der Waals surface area (Å²) in [6.45, 7) is 16.3. The van der Waals surface area contributed by atoms with Gasteiger partial charge in [-0.2, -0.15) is 0 Å². The van der Waals surface area contributed by atoms with Gasteiger partial charge in [-0.25, -0.2) is 8.78 Å². The summed E-state index contributed by atoms with van der Waals surface area (Å²) in [6.07, 6.45) is 3.72. The van der Waals surface area contributed by atoms with Crippen LogP contribution in [-0.4, -0.2) is 29.0 Å². The van der Waals surface area contributed by atoms with Crippen LogP contribution in [0.5, 0.6) is 0 Å². The van der Waals surface area contributed by atoms with E-state index in [0.29, 0.717) is 12.2 Å². The van der Waals surface area contributed by atoms with Crippen LogP contribution in [0, 0.1) is 53.2 Å². The number of anilines is 1. The Hall–Kier alpha value is -4.35.